The fourth-order valence-corrected chi connectivity index (χ4v) is 4.25. The van der Waals surface area contributed by atoms with Gasteiger partial charge in [0.2, 0.25) is 10.0 Å². The highest BCUT2D eigenvalue weighted by Crippen LogP contribution is 2.62. The molecule has 1 aromatic rings. The van der Waals surface area contributed by atoms with E-state index in [1.54, 1.807) is 0 Å². The van der Waals surface area contributed by atoms with Crippen molar-refractivity contribution in [2.45, 2.75) is 38.6 Å². The molecule has 5 nitrogen and oxygen atoms in total. The predicted molar refractivity (Wildman–Crippen MR) is 79.0 cm³/mol. The number of sulfonamides is 1. The molecular formula is C14H21FN2O3S. The van der Waals surface area contributed by atoms with E-state index in [2.05, 4.69) is 4.72 Å². The maximum atomic E-state index is 13.8. The lowest BCUT2D eigenvalue weighted by molar-refractivity contribution is 0.388. The van der Waals surface area contributed by atoms with Crippen LogP contribution in [0.2, 0.25) is 0 Å². The number of nitrogens with two attached hydrogens (primary N) is 1. The first kappa shape index (κ1) is 16.0. The standard InChI is InChI=1S/C14H21FN2O3S/c1-13(2)12(14(13,3)4)17-21(18,19)8-6-9(15)11(20-5)10(16)7-8/h6-7,12,17H,16H2,1-5H3. The zero-order chi connectivity index (χ0) is 16.2. The van der Waals surface area contributed by atoms with Crippen LogP contribution in [0.1, 0.15) is 27.7 Å². The Balaban J connectivity index is 2.34. The van der Waals surface area contributed by atoms with E-state index in [0.717, 1.165) is 6.07 Å². The van der Waals surface area contributed by atoms with Crippen molar-refractivity contribution in [3.63, 3.8) is 0 Å². The van der Waals surface area contributed by atoms with Crippen LogP contribution in [0.15, 0.2) is 17.0 Å². The van der Waals surface area contributed by atoms with Gasteiger partial charge in [0.05, 0.1) is 17.7 Å². The topological polar surface area (TPSA) is 81.4 Å². The Morgan fingerprint density at radius 1 is 1.24 bits per heavy atom. The van der Waals surface area contributed by atoms with E-state index in [1.807, 2.05) is 27.7 Å². The summed E-state index contributed by atoms with van der Waals surface area (Å²) in [7, 11) is -2.56. The van der Waals surface area contributed by atoms with E-state index in [4.69, 9.17) is 10.5 Å². The summed E-state index contributed by atoms with van der Waals surface area (Å²) in [5.41, 5.74) is 5.26. The van der Waals surface area contributed by atoms with Gasteiger partial charge in [0.1, 0.15) is 0 Å². The predicted octanol–water partition coefficient (Wildman–Crippen LogP) is 2.13. The monoisotopic (exact) mass is 316 g/mol. The molecule has 0 heterocycles. The van der Waals surface area contributed by atoms with Gasteiger partial charge in [0.15, 0.2) is 11.6 Å². The van der Waals surface area contributed by atoms with Gasteiger partial charge < -0.3 is 10.5 Å². The average molecular weight is 316 g/mol. The normalized spacial score (nSPS) is 20.3. The number of anilines is 1. The Kier molecular flexibility index (Phi) is 3.50. The van der Waals surface area contributed by atoms with Crippen LogP contribution >= 0.6 is 0 Å². The van der Waals surface area contributed by atoms with E-state index < -0.39 is 15.8 Å². The molecule has 0 spiro atoms. The van der Waals surface area contributed by atoms with E-state index in [1.165, 1.54) is 13.2 Å². The van der Waals surface area contributed by atoms with Gasteiger partial charge in [-0.3, -0.25) is 0 Å². The molecule has 0 radical (unpaired) electrons. The van der Waals surface area contributed by atoms with Crippen molar-refractivity contribution >= 4 is 15.7 Å². The van der Waals surface area contributed by atoms with Crippen LogP contribution < -0.4 is 15.2 Å². The number of nitrogen functional groups attached to an aromatic ring is 1. The molecule has 0 unspecified atom stereocenters. The van der Waals surface area contributed by atoms with Gasteiger partial charge in [-0.1, -0.05) is 27.7 Å². The van der Waals surface area contributed by atoms with Crippen LogP contribution in [-0.4, -0.2) is 21.6 Å². The zero-order valence-corrected chi connectivity index (χ0v) is 13.6. The molecule has 1 aliphatic rings. The summed E-state index contributed by atoms with van der Waals surface area (Å²) >= 11 is 0. The first-order valence-corrected chi connectivity index (χ1v) is 8.09. The maximum absolute atomic E-state index is 13.8. The van der Waals surface area contributed by atoms with Gasteiger partial charge in [-0.05, 0) is 23.0 Å². The lowest BCUT2D eigenvalue weighted by atomic mass is 10.0. The molecule has 3 N–H and O–H groups in total. The number of benzene rings is 1. The maximum Gasteiger partial charge on any atom is 0.241 e. The quantitative estimate of drug-likeness (QED) is 0.834. The van der Waals surface area contributed by atoms with Crippen molar-refractivity contribution in [3.8, 4) is 5.75 Å². The largest absolute Gasteiger partial charge is 0.492 e. The number of hydrogen-bond donors (Lipinski definition) is 2. The number of rotatable bonds is 4. The third-order valence-electron chi connectivity index (χ3n) is 4.85. The van der Waals surface area contributed by atoms with Crippen molar-refractivity contribution < 1.29 is 17.5 Å². The molecule has 118 valence electrons. The van der Waals surface area contributed by atoms with Crippen LogP contribution in [0, 0.1) is 16.6 Å². The summed E-state index contributed by atoms with van der Waals surface area (Å²) in [6.45, 7) is 7.96. The van der Waals surface area contributed by atoms with Crippen molar-refractivity contribution in [3.05, 3.63) is 17.9 Å². The molecule has 1 saturated carbocycles. The Hall–Kier alpha value is -1.34. The van der Waals surface area contributed by atoms with E-state index in [9.17, 15) is 12.8 Å². The summed E-state index contributed by atoms with van der Waals surface area (Å²) in [6.07, 6.45) is 0. The number of ether oxygens (including phenoxy) is 1. The molecule has 0 bridgehead atoms. The minimum atomic E-state index is -3.83. The van der Waals surface area contributed by atoms with Crippen LogP contribution in [0.3, 0.4) is 0 Å². The minimum Gasteiger partial charge on any atom is -0.492 e. The highest BCUT2D eigenvalue weighted by Gasteiger charge is 2.66. The highest BCUT2D eigenvalue weighted by molar-refractivity contribution is 7.89. The number of nitrogens with one attached hydrogen (secondary N) is 1. The summed E-state index contributed by atoms with van der Waals surface area (Å²) in [6, 6.07) is 1.91. The molecule has 1 aromatic carbocycles. The smallest absolute Gasteiger partial charge is 0.241 e. The third kappa shape index (κ3) is 2.38. The molecule has 21 heavy (non-hydrogen) atoms. The fourth-order valence-electron chi connectivity index (χ4n) is 2.67. The summed E-state index contributed by atoms with van der Waals surface area (Å²) < 4.78 is 46.0. The molecule has 0 atom stereocenters. The molecule has 1 aliphatic carbocycles. The highest BCUT2D eigenvalue weighted by atomic mass is 32.2. The zero-order valence-electron chi connectivity index (χ0n) is 12.8. The number of methoxy groups -OCH3 is 1. The van der Waals surface area contributed by atoms with Crippen LogP contribution in [0.25, 0.3) is 0 Å². The molecule has 0 saturated heterocycles. The van der Waals surface area contributed by atoms with Crippen LogP contribution in [0.4, 0.5) is 10.1 Å². The average Bonchev–Trinajstić information content (AvgIpc) is 2.71. The van der Waals surface area contributed by atoms with E-state index in [-0.39, 0.29) is 33.2 Å². The molecule has 0 aliphatic heterocycles. The van der Waals surface area contributed by atoms with Gasteiger partial charge >= 0.3 is 0 Å². The van der Waals surface area contributed by atoms with E-state index in [0.29, 0.717) is 0 Å². The van der Waals surface area contributed by atoms with Gasteiger partial charge in [-0.15, -0.1) is 0 Å². The minimum absolute atomic E-state index is 0.0489. The lowest BCUT2D eigenvalue weighted by Gasteiger charge is -2.11. The Bertz CT molecular complexity index is 646. The molecule has 7 heteroatoms. The second-order valence-corrected chi connectivity index (χ2v) is 8.24. The van der Waals surface area contributed by atoms with Crippen LogP contribution in [0.5, 0.6) is 5.75 Å². The fraction of sp³-hybridized carbons (Fsp3) is 0.571. The van der Waals surface area contributed by atoms with E-state index >= 15 is 0 Å². The van der Waals surface area contributed by atoms with Gasteiger partial charge in [-0.25, -0.2) is 17.5 Å². The Morgan fingerprint density at radius 2 is 1.76 bits per heavy atom. The first-order chi connectivity index (χ1) is 9.45. The molecule has 0 amide bonds. The number of halogens is 1. The van der Waals surface area contributed by atoms with Gasteiger partial charge in [-0.2, -0.15) is 0 Å². The second-order valence-electron chi connectivity index (χ2n) is 6.53. The molecule has 2 rings (SSSR count). The Morgan fingerprint density at radius 3 is 2.14 bits per heavy atom. The van der Waals surface area contributed by atoms with Crippen molar-refractivity contribution in [2.24, 2.45) is 10.8 Å². The number of hydrogen-bond acceptors (Lipinski definition) is 4. The Labute approximate surface area is 124 Å². The van der Waals surface area contributed by atoms with Gasteiger partial charge in [0.25, 0.3) is 0 Å². The molecular weight excluding hydrogens is 295 g/mol. The van der Waals surface area contributed by atoms with Crippen molar-refractivity contribution in [1.29, 1.82) is 0 Å². The van der Waals surface area contributed by atoms with Crippen LogP contribution in [-0.2, 0) is 10.0 Å². The molecule has 1 fully saturated rings. The lowest BCUT2D eigenvalue weighted by Crippen LogP contribution is -2.30. The second kappa shape index (κ2) is 4.58. The van der Waals surface area contributed by atoms with Gasteiger partial charge in [0, 0.05) is 6.04 Å². The summed E-state index contributed by atoms with van der Waals surface area (Å²) in [5.74, 6) is -0.951. The summed E-state index contributed by atoms with van der Waals surface area (Å²) in [5, 5.41) is 0. The molecule has 0 aromatic heterocycles. The van der Waals surface area contributed by atoms with Crippen molar-refractivity contribution in [2.75, 3.05) is 12.8 Å². The SMILES string of the molecule is COc1c(N)cc(S(=O)(=O)NC2C(C)(C)C2(C)C)cc1F. The van der Waals surface area contributed by atoms with Crippen molar-refractivity contribution in [1.82, 2.24) is 4.72 Å². The first-order valence-electron chi connectivity index (χ1n) is 6.60. The summed E-state index contributed by atoms with van der Waals surface area (Å²) in [4.78, 5) is -0.197. The third-order valence-corrected chi connectivity index (χ3v) is 6.26.